The average Bonchev–Trinajstić information content (AvgIpc) is 2.72. The molecule has 0 aliphatic carbocycles. The first-order valence-electron chi connectivity index (χ1n) is 9.78. The molecule has 1 N–H and O–H groups in total. The Hall–Kier alpha value is -2.65. The molecule has 9 heteroatoms. The normalized spacial score (nSPS) is 15.2. The van der Waals surface area contributed by atoms with Gasteiger partial charge in [-0.3, -0.25) is 4.79 Å². The third-order valence-electron chi connectivity index (χ3n) is 4.68. The Bertz CT molecular complexity index is 995. The van der Waals surface area contributed by atoms with Crippen LogP contribution in [0.4, 0.5) is 5.82 Å². The summed E-state index contributed by atoms with van der Waals surface area (Å²) >= 11 is 0. The zero-order valence-electron chi connectivity index (χ0n) is 17.8. The summed E-state index contributed by atoms with van der Waals surface area (Å²) < 4.78 is 33.5. The highest BCUT2D eigenvalue weighted by Crippen LogP contribution is 2.27. The largest absolute Gasteiger partial charge is 0.495 e. The van der Waals surface area contributed by atoms with E-state index in [1.807, 2.05) is 18.2 Å². The maximum atomic E-state index is 13.0. The number of carbonyl (C=O) groups is 1. The average molecular weight is 433 g/mol. The van der Waals surface area contributed by atoms with Crippen LogP contribution in [-0.2, 0) is 10.0 Å². The number of hydrogen-bond donors (Lipinski definition) is 1. The molecule has 1 aromatic heterocycles. The lowest BCUT2D eigenvalue weighted by Crippen LogP contribution is -2.49. The van der Waals surface area contributed by atoms with E-state index in [1.54, 1.807) is 37.9 Å². The van der Waals surface area contributed by atoms with Gasteiger partial charge in [0.25, 0.3) is 5.91 Å². The molecule has 162 valence electrons. The molecule has 1 fully saturated rings. The molecule has 1 aliphatic rings. The van der Waals surface area contributed by atoms with Gasteiger partial charge in [0.1, 0.15) is 16.5 Å². The minimum atomic E-state index is -3.85. The summed E-state index contributed by atoms with van der Waals surface area (Å²) in [4.78, 5) is 21.2. The fourth-order valence-electron chi connectivity index (χ4n) is 3.34. The van der Waals surface area contributed by atoms with E-state index in [1.165, 1.54) is 19.2 Å². The molecule has 2 aromatic rings. The number of methoxy groups -OCH3 is 1. The third kappa shape index (κ3) is 5.09. The molecule has 3 rings (SSSR count). The monoisotopic (exact) mass is 432 g/mol. The van der Waals surface area contributed by atoms with Crippen molar-refractivity contribution in [3.8, 4) is 5.75 Å². The Labute approximate surface area is 177 Å². The topological polar surface area (TPSA) is 91.8 Å². The maximum Gasteiger partial charge on any atom is 0.254 e. The number of ether oxygens (including phenoxy) is 1. The van der Waals surface area contributed by atoms with Gasteiger partial charge < -0.3 is 14.5 Å². The van der Waals surface area contributed by atoms with Crippen molar-refractivity contribution in [1.29, 1.82) is 0 Å². The first-order valence-corrected chi connectivity index (χ1v) is 11.3. The number of sulfonamides is 1. The third-order valence-corrected chi connectivity index (χ3v) is 6.46. The molecule has 2 heterocycles. The van der Waals surface area contributed by atoms with E-state index in [9.17, 15) is 13.2 Å². The molecule has 0 bridgehead atoms. The summed E-state index contributed by atoms with van der Waals surface area (Å²) in [6.45, 7) is 7.66. The van der Waals surface area contributed by atoms with Gasteiger partial charge in [-0.05, 0) is 51.1 Å². The number of piperazine rings is 1. The summed E-state index contributed by atoms with van der Waals surface area (Å²) in [6.07, 6.45) is 1.75. The number of benzene rings is 1. The number of aromatic nitrogens is 1. The molecular weight excluding hydrogens is 404 g/mol. The van der Waals surface area contributed by atoms with Crippen molar-refractivity contribution in [2.45, 2.75) is 31.2 Å². The molecular formula is C21H28N4O4S. The summed E-state index contributed by atoms with van der Waals surface area (Å²) in [6, 6.07) is 10.3. The lowest BCUT2D eigenvalue weighted by Gasteiger charge is -2.35. The molecule has 1 aliphatic heterocycles. The molecule has 0 saturated carbocycles. The van der Waals surface area contributed by atoms with Gasteiger partial charge in [0, 0.05) is 43.5 Å². The van der Waals surface area contributed by atoms with Gasteiger partial charge in [-0.15, -0.1) is 0 Å². The first-order chi connectivity index (χ1) is 14.1. The van der Waals surface area contributed by atoms with Crippen molar-refractivity contribution in [2.75, 3.05) is 38.2 Å². The SMILES string of the molecule is COc1ccc(C(=O)N2CCN(c3ccccn3)CC2)cc1S(=O)(=O)NC(C)(C)C. The zero-order chi connectivity index (χ0) is 21.9. The maximum absolute atomic E-state index is 13.0. The molecule has 0 spiro atoms. The number of carbonyl (C=O) groups excluding carboxylic acids is 1. The van der Waals surface area contributed by atoms with Gasteiger partial charge in [0.15, 0.2) is 0 Å². The molecule has 0 unspecified atom stereocenters. The number of hydrogen-bond acceptors (Lipinski definition) is 6. The van der Waals surface area contributed by atoms with Crippen molar-refractivity contribution >= 4 is 21.7 Å². The van der Waals surface area contributed by atoms with E-state index in [0.29, 0.717) is 31.7 Å². The van der Waals surface area contributed by atoms with E-state index >= 15 is 0 Å². The van der Waals surface area contributed by atoms with Crippen LogP contribution in [0.15, 0.2) is 47.5 Å². The highest BCUT2D eigenvalue weighted by Gasteiger charge is 2.28. The quantitative estimate of drug-likeness (QED) is 0.778. The van der Waals surface area contributed by atoms with Crippen LogP contribution < -0.4 is 14.4 Å². The highest BCUT2D eigenvalue weighted by atomic mass is 32.2. The van der Waals surface area contributed by atoms with Crippen LogP contribution in [0.2, 0.25) is 0 Å². The summed E-state index contributed by atoms with van der Waals surface area (Å²) in [5.41, 5.74) is -0.345. The van der Waals surface area contributed by atoms with Crippen LogP contribution in [0, 0.1) is 0 Å². The Morgan fingerprint density at radius 1 is 1.10 bits per heavy atom. The second-order valence-corrected chi connectivity index (χ2v) is 9.84. The fraction of sp³-hybridized carbons (Fsp3) is 0.429. The van der Waals surface area contributed by atoms with Gasteiger partial charge in [-0.25, -0.2) is 18.1 Å². The minimum Gasteiger partial charge on any atom is -0.495 e. The van der Waals surface area contributed by atoms with Crippen molar-refractivity contribution in [2.24, 2.45) is 0 Å². The summed E-state index contributed by atoms with van der Waals surface area (Å²) in [5.74, 6) is 0.879. The summed E-state index contributed by atoms with van der Waals surface area (Å²) in [5, 5.41) is 0. The van der Waals surface area contributed by atoms with Crippen LogP contribution in [-0.4, -0.2) is 63.0 Å². The van der Waals surface area contributed by atoms with Crippen LogP contribution in [0.25, 0.3) is 0 Å². The standard InChI is InChI=1S/C21H28N4O4S/c1-21(2,3)23-30(27,28)18-15-16(8-9-17(18)29-4)20(26)25-13-11-24(12-14-25)19-7-5-6-10-22-19/h5-10,15,23H,11-14H2,1-4H3. The van der Waals surface area contributed by atoms with Crippen LogP contribution in [0.3, 0.4) is 0 Å². The molecule has 1 saturated heterocycles. The van der Waals surface area contributed by atoms with Crippen LogP contribution in [0.5, 0.6) is 5.75 Å². The predicted molar refractivity (Wildman–Crippen MR) is 115 cm³/mol. The van der Waals surface area contributed by atoms with Gasteiger partial charge >= 0.3 is 0 Å². The lowest BCUT2D eigenvalue weighted by molar-refractivity contribution is 0.0746. The number of nitrogens with one attached hydrogen (secondary N) is 1. The van der Waals surface area contributed by atoms with E-state index in [2.05, 4.69) is 14.6 Å². The Balaban J connectivity index is 1.79. The van der Waals surface area contributed by atoms with E-state index in [4.69, 9.17) is 4.74 Å². The fourth-order valence-corrected chi connectivity index (χ4v) is 4.95. The van der Waals surface area contributed by atoms with Crippen molar-refractivity contribution in [3.63, 3.8) is 0 Å². The van der Waals surface area contributed by atoms with Crippen molar-refractivity contribution in [1.82, 2.24) is 14.6 Å². The molecule has 0 radical (unpaired) electrons. The molecule has 8 nitrogen and oxygen atoms in total. The van der Waals surface area contributed by atoms with Crippen LogP contribution >= 0.6 is 0 Å². The lowest BCUT2D eigenvalue weighted by atomic mass is 10.1. The smallest absolute Gasteiger partial charge is 0.254 e. The number of anilines is 1. The highest BCUT2D eigenvalue weighted by molar-refractivity contribution is 7.89. The second-order valence-electron chi connectivity index (χ2n) is 8.19. The van der Waals surface area contributed by atoms with Gasteiger partial charge in [-0.2, -0.15) is 0 Å². The number of pyridine rings is 1. The van der Waals surface area contributed by atoms with Crippen molar-refractivity contribution in [3.05, 3.63) is 48.2 Å². The first kappa shape index (κ1) is 22.0. The molecule has 1 amide bonds. The Morgan fingerprint density at radius 2 is 1.80 bits per heavy atom. The zero-order valence-corrected chi connectivity index (χ0v) is 18.6. The van der Waals surface area contributed by atoms with Gasteiger partial charge in [0.2, 0.25) is 10.0 Å². The number of nitrogens with zero attached hydrogens (tertiary/aromatic N) is 3. The number of amides is 1. The number of rotatable bonds is 5. The van der Waals surface area contributed by atoms with E-state index in [0.717, 1.165) is 5.82 Å². The van der Waals surface area contributed by atoms with Gasteiger partial charge in [0.05, 0.1) is 7.11 Å². The van der Waals surface area contributed by atoms with Crippen molar-refractivity contribution < 1.29 is 17.9 Å². The van der Waals surface area contributed by atoms with E-state index in [-0.39, 0.29) is 16.6 Å². The minimum absolute atomic E-state index is 0.0436. The van der Waals surface area contributed by atoms with Crippen LogP contribution in [0.1, 0.15) is 31.1 Å². The summed E-state index contributed by atoms with van der Waals surface area (Å²) in [7, 11) is -2.45. The molecule has 0 atom stereocenters. The van der Waals surface area contributed by atoms with Gasteiger partial charge in [-0.1, -0.05) is 6.07 Å². The second kappa shape index (κ2) is 8.61. The molecule has 30 heavy (non-hydrogen) atoms. The molecule has 1 aromatic carbocycles. The van der Waals surface area contributed by atoms with E-state index < -0.39 is 15.6 Å². The predicted octanol–water partition coefficient (Wildman–Crippen LogP) is 2.13. The Morgan fingerprint density at radius 3 is 2.37 bits per heavy atom. The Kier molecular flexibility index (Phi) is 6.33.